The molecular formula is C19H24N2O2. The van der Waals surface area contributed by atoms with Crippen LogP contribution in [0.15, 0.2) is 41.3 Å². The van der Waals surface area contributed by atoms with Crippen LogP contribution in [0, 0.1) is 5.41 Å². The van der Waals surface area contributed by atoms with Crippen molar-refractivity contribution in [1.82, 2.24) is 9.97 Å². The molecule has 0 saturated heterocycles. The molecule has 1 heterocycles. The third-order valence-electron chi connectivity index (χ3n) is 4.25. The molecule has 122 valence electrons. The van der Waals surface area contributed by atoms with E-state index in [1.807, 2.05) is 13.0 Å². The Morgan fingerprint density at radius 2 is 2.09 bits per heavy atom. The summed E-state index contributed by atoms with van der Waals surface area (Å²) < 4.78 is 4.63. The quantitative estimate of drug-likeness (QED) is 0.593. The standard InChI is InChI=1S/C19H24N2O2/c1-14(10-16-11-21-18(12-20-16)23-13-22)7-8-17-15(2)6-5-9-19(17,3)4/h7-8,10-13H,5-6,9H2,1-4H3. The summed E-state index contributed by atoms with van der Waals surface area (Å²) in [6, 6.07) is 0. The molecule has 1 aromatic rings. The van der Waals surface area contributed by atoms with Crippen molar-refractivity contribution in [2.24, 2.45) is 5.41 Å². The van der Waals surface area contributed by atoms with Crippen LogP contribution in [0.4, 0.5) is 0 Å². The Bertz CT molecular complexity index is 652. The van der Waals surface area contributed by atoms with E-state index in [4.69, 9.17) is 0 Å². The number of hydrogen-bond acceptors (Lipinski definition) is 4. The Labute approximate surface area is 138 Å². The van der Waals surface area contributed by atoms with Crippen molar-refractivity contribution in [1.29, 1.82) is 0 Å². The second-order valence-electron chi connectivity index (χ2n) is 6.65. The minimum absolute atomic E-state index is 0.204. The van der Waals surface area contributed by atoms with E-state index < -0.39 is 0 Å². The Morgan fingerprint density at radius 3 is 2.70 bits per heavy atom. The van der Waals surface area contributed by atoms with Crippen LogP contribution >= 0.6 is 0 Å². The molecule has 0 fully saturated rings. The summed E-state index contributed by atoms with van der Waals surface area (Å²) >= 11 is 0. The first kappa shape index (κ1) is 17.1. The second-order valence-corrected chi connectivity index (χ2v) is 6.65. The van der Waals surface area contributed by atoms with E-state index in [-0.39, 0.29) is 11.3 Å². The summed E-state index contributed by atoms with van der Waals surface area (Å²) in [6.45, 7) is 9.24. The van der Waals surface area contributed by atoms with Crippen LogP contribution in [-0.4, -0.2) is 16.4 Å². The first-order chi connectivity index (χ1) is 10.9. The van der Waals surface area contributed by atoms with Crippen LogP contribution < -0.4 is 4.74 Å². The fourth-order valence-corrected chi connectivity index (χ4v) is 3.02. The van der Waals surface area contributed by atoms with Gasteiger partial charge in [0.2, 0.25) is 5.88 Å². The molecule has 0 amide bonds. The molecule has 0 spiro atoms. The molecule has 0 saturated carbocycles. The van der Waals surface area contributed by atoms with E-state index >= 15 is 0 Å². The predicted octanol–water partition coefficient (Wildman–Crippen LogP) is 4.50. The zero-order valence-electron chi connectivity index (χ0n) is 14.3. The zero-order chi connectivity index (χ0) is 16.9. The van der Waals surface area contributed by atoms with Gasteiger partial charge < -0.3 is 4.74 Å². The molecule has 0 aromatic carbocycles. The fraction of sp³-hybridized carbons (Fsp3) is 0.421. The minimum Gasteiger partial charge on any atom is -0.408 e. The molecular weight excluding hydrogens is 288 g/mol. The first-order valence-corrected chi connectivity index (χ1v) is 7.91. The topological polar surface area (TPSA) is 52.1 Å². The van der Waals surface area contributed by atoms with Gasteiger partial charge in [-0.3, -0.25) is 4.79 Å². The van der Waals surface area contributed by atoms with E-state index in [1.165, 1.54) is 36.6 Å². The number of hydrogen-bond donors (Lipinski definition) is 0. The smallest absolute Gasteiger partial charge is 0.299 e. The summed E-state index contributed by atoms with van der Waals surface area (Å²) in [5.74, 6) is 0.204. The third kappa shape index (κ3) is 4.62. The molecule has 0 unspecified atom stereocenters. The lowest BCUT2D eigenvalue weighted by Gasteiger charge is -2.32. The molecule has 23 heavy (non-hydrogen) atoms. The van der Waals surface area contributed by atoms with Crippen LogP contribution in [0.5, 0.6) is 5.88 Å². The van der Waals surface area contributed by atoms with Crippen LogP contribution in [0.3, 0.4) is 0 Å². The normalized spacial score (nSPS) is 18.3. The molecule has 1 aliphatic carbocycles. The average Bonchev–Trinajstić information content (AvgIpc) is 2.48. The molecule has 4 heteroatoms. The number of ether oxygens (including phenoxy) is 1. The maximum Gasteiger partial charge on any atom is 0.299 e. The zero-order valence-corrected chi connectivity index (χ0v) is 14.3. The Morgan fingerprint density at radius 1 is 1.30 bits per heavy atom. The molecule has 0 radical (unpaired) electrons. The molecule has 0 N–H and O–H groups in total. The molecule has 4 nitrogen and oxygen atoms in total. The first-order valence-electron chi connectivity index (χ1n) is 7.91. The molecule has 0 aliphatic heterocycles. The second kappa shape index (κ2) is 7.36. The van der Waals surface area contributed by atoms with E-state index in [0.717, 1.165) is 11.3 Å². The predicted molar refractivity (Wildman–Crippen MR) is 91.8 cm³/mol. The van der Waals surface area contributed by atoms with E-state index in [2.05, 4.69) is 47.6 Å². The van der Waals surface area contributed by atoms with Gasteiger partial charge in [0.05, 0.1) is 18.1 Å². The van der Waals surface area contributed by atoms with Crippen molar-refractivity contribution >= 4 is 12.5 Å². The highest BCUT2D eigenvalue weighted by atomic mass is 16.5. The lowest BCUT2D eigenvalue weighted by molar-refractivity contribution is -0.120. The lowest BCUT2D eigenvalue weighted by atomic mass is 9.72. The molecule has 1 aliphatic rings. The van der Waals surface area contributed by atoms with Crippen LogP contribution in [0.1, 0.15) is 52.7 Å². The number of carbonyl (C=O) groups is 1. The van der Waals surface area contributed by atoms with Crippen LogP contribution in [0.25, 0.3) is 6.08 Å². The van der Waals surface area contributed by atoms with Crippen molar-refractivity contribution in [3.63, 3.8) is 0 Å². The van der Waals surface area contributed by atoms with Gasteiger partial charge in [0.1, 0.15) is 0 Å². The fourth-order valence-electron chi connectivity index (χ4n) is 3.02. The molecule has 1 aromatic heterocycles. The highest BCUT2D eigenvalue weighted by Crippen LogP contribution is 2.40. The average molecular weight is 312 g/mol. The lowest BCUT2D eigenvalue weighted by Crippen LogP contribution is -2.19. The monoisotopic (exact) mass is 312 g/mol. The van der Waals surface area contributed by atoms with Crippen molar-refractivity contribution < 1.29 is 9.53 Å². The van der Waals surface area contributed by atoms with Gasteiger partial charge in [0, 0.05) is 0 Å². The Kier molecular flexibility index (Phi) is 5.48. The largest absolute Gasteiger partial charge is 0.408 e. The van der Waals surface area contributed by atoms with Crippen molar-refractivity contribution in [2.75, 3.05) is 0 Å². The van der Waals surface area contributed by atoms with E-state index in [1.54, 1.807) is 6.20 Å². The summed E-state index contributed by atoms with van der Waals surface area (Å²) in [5, 5.41) is 0. The van der Waals surface area contributed by atoms with Crippen molar-refractivity contribution in [3.8, 4) is 5.88 Å². The summed E-state index contributed by atoms with van der Waals surface area (Å²) in [6.07, 6.45) is 13.0. The van der Waals surface area contributed by atoms with E-state index in [0.29, 0.717) is 6.47 Å². The number of allylic oxidation sites excluding steroid dienone is 5. The van der Waals surface area contributed by atoms with Gasteiger partial charge in [-0.25, -0.2) is 9.97 Å². The molecule has 0 atom stereocenters. The van der Waals surface area contributed by atoms with Gasteiger partial charge in [0.25, 0.3) is 6.47 Å². The number of rotatable bonds is 5. The number of nitrogens with zero attached hydrogens (tertiary/aromatic N) is 2. The highest BCUT2D eigenvalue weighted by molar-refractivity contribution is 5.52. The van der Waals surface area contributed by atoms with Gasteiger partial charge in [-0.05, 0) is 55.7 Å². The van der Waals surface area contributed by atoms with Gasteiger partial charge in [0.15, 0.2) is 0 Å². The third-order valence-corrected chi connectivity index (χ3v) is 4.25. The van der Waals surface area contributed by atoms with Crippen LogP contribution in [0.2, 0.25) is 0 Å². The summed E-state index contributed by atoms with van der Waals surface area (Å²) in [5.41, 5.74) is 5.01. The Balaban J connectivity index is 2.14. The van der Waals surface area contributed by atoms with Gasteiger partial charge >= 0.3 is 0 Å². The maximum absolute atomic E-state index is 10.2. The molecule has 2 rings (SSSR count). The van der Waals surface area contributed by atoms with Crippen LogP contribution in [-0.2, 0) is 4.79 Å². The summed E-state index contributed by atoms with van der Waals surface area (Å²) in [4.78, 5) is 18.5. The maximum atomic E-state index is 10.2. The van der Waals surface area contributed by atoms with Gasteiger partial charge in [-0.15, -0.1) is 0 Å². The number of carbonyl (C=O) groups excluding carboxylic acids is 1. The van der Waals surface area contributed by atoms with E-state index in [9.17, 15) is 4.79 Å². The Hall–Kier alpha value is -2.23. The van der Waals surface area contributed by atoms with Crippen molar-refractivity contribution in [2.45, 2.75) is 47.0 Å². The van der Waals surface area contributed by atoms with Crippen molar-refractivity contribution in [3.05, 3.63) is 47.0 Å². The number of aromatic nitrogens is 2. The van der Waals surface area contributed by atoms with Gasteiger partial charge in [-0.1, -0.05) is 31.6 Å². The molecule has 0 bridgehead atoms. The van der Waals surface area contributed by atoms with Gasteiger partial charge in [-0.2, -0.15) is 0 Å². The SMILES string of the molecule is CC(C=CC1=C(C)CCCC1(C)C)=Cc1cnc(OC=O)cn1. The highest BCUT2D eigenvalue weighted by Gasteiger charge is 2.26. The summed E-state index contributed by atoms with van der Waals surface area (Å²) in [7, 11) is 0. The minimum atomic E-state index is 0.204.